The van der Waals surface area contributed by atoms with Gasteiger partial charge in [-0.25, -0.2) is 0 Å². The summed E-state index contributed by atoms with van der Waals surface area (Å²) in [5.41, 5.74) is 3.68. The Morgan fingerprint density at radius 3 is 2.66 bits per heavy atom. The van der Waals surface area contributed by atoms with Gasteiger partial charge in [-0.05, 0) is 73.4 Å². The highest BCUT2D eigenvalue weighted by atomic mass is 16.5. The van der Waals surface area contributed by atoms with Crippen molar-refractivity contribution in [3.05, 3.63) is 53.6 Å². The summed E-state index contributed by atoms with van der Waals surface area (Å²) in [7, 11) is 3.48. The molecule has 0 aromatic heterocycles. The average molecular weight is 525 g/mol. The van der Waals surface area contributed by atoms with E-state index in [1.807, 2.05) is 0 Å². The highest BCUT2D eigenvalue weighted by Crippen LogP contribution is 2.36. The second kappa shape index (κ2) is 13.7. The van der Waals surface area contributed by atoms with Gasteiger partial charge in [-0.2, -0.15) is 0 Å². The van der Waals surface area contributed by atoms with E-state index in [1.165, 1.54) is 36.1 Å². The number of rotatable bonds is 11. The first-order chi connectivity index (χ1) is 18.7. The maximum absolute atomic E-state index is 6.66. The first-order valence-electron chi connectivity index (χ1n) is 14.3. The number of nitrogens with zero attached hydrogens (tertiary/aromatic N) is 1. The Hall–Kier alpha value is -2.32. The number of fused-ring (bicyclic) bond motifs is 1. The number of hydrogen-bond acceptors (Lipinski definition) is 7. The van der Waals surface area contributed by atoms with Crippen LogP contribution < -0.4 is 19.7 Å². The molecule has 3 aliphatic rings. The molecule has 0 unspecified atom stereocenters. The van der Waals surface area contributed by atoms with E-state index in [9.17, 15) is 0 Å². The van der Waals surface area contributed by atoms with E-state index in [4.69, 9.17) is 23.7 Å². The van der Waals surface area contributed by atoms with Gasteiger partial charge in [0.15, 0.2) is 0 Å². The van der Waals surface area contributed by atoms with Crippen molar-refractivity contribution in [2.24, 2.45) is 5.92 Å². The SMILES string of the molecule is COCCCN1CCOc2ccc(CO[C@H]3CN[C@H](CC4CCOCC4)C[C@@H]3c3ccc(OC)cc3)cc21. The molecule has 2 saturated heterocycles. The van der Waals surface area contributed by atoms with Crippen LogP contribution in [-0.2, 0) is 20.8 Å². The molecule has 0 amide bonds. The van der Waals surface area contributed by atoms with Crippen molar-refractivity contribution in [2.75, 3.05) is 65.2 Å². The van der Waals surface area contributed by atoms with Gasteiger partial charge in [0.1, 0.15) is 18.1 Å². The number of ether oxygens (including phenoxy) is 5. The van der Waals surface area contributed by atoms with Gasteiger partial charge < -0.3 is 33.9 Å². The highest BCUT2D eigenvalue weighted by molar-refractivity contribution is 5.61. The fourth-order valence-electron chi connectivity index (χ4n) is 6.15. The Morgan fingerprint density at radius 2 is 1.87 bits per heavy atom. The van der Waals surface area contributed by atoms with E-state index in [0.29, 0.717) is 18.6 Å². The Morgan fingerprint density at radius 1 is 1.03 bits per heavy atom. The first kappa shape index (κ1) is 27.3. The lowest BCUT2D eigenvalue weighted by molar-refractivity contribution is -0.00194. The Balaban J connectivity index is 1.26. The minimum Gasteiger partial charge on any atom is -0.497 e. The van der Waals surface area contributed by atoms with Gasteiger partial charge in [-0.1, -0.05) is 18.2 Å². The summed E-state index contributed by atoms with van der Waals surface area (Å²) >= 11 is 0. The molecule has 7 heteroatoms. The van der Waals surface area contributed by atoms with Crippen LogP contribution in [0, 0.1) is 5.92 Å². The van der Waals surface area contributed by atoms with E-state index in [0.717, 1.165) is 76.3 Å². The normalized spacial score (nSPS) is 24.1. The second-order valence-electron chi connectivity index (χ2n) is 10.8. The molecule has 3 aliphatic heterocycles. The minimum absolute atomic E-state index is 0.111. The lowest BCUT2D eigenvalue weighted by atomic mass is 9.80. The molecule has 2 fully saturated rings. The van der Waals surface area contributed by atoms with Crippen LogP contribution >= 0.6 is 0 Å². The predicted octanol–water partition coefficient (Wildman–Crippen LogP) is 4.78. The molecule has 208 valence electrons. The molecule has 1 N–H and O–H groups in total. The lowest BCUT2D eigenvalue weighted by Gasteiger charge is -2.39. The summed E-state index contributed by atoms with van der Waals surface area (Å²) in [5, 5.41) is 3.83. The van der Waals surface area contributed by atoms with Crippen LogP contribution in [0.3, 0.4) is 0 Å². The number of anilines is 1. The molecule has 0 bridgehead atoms. The molecular weight excluding hydrogens is 480 g/mol. The molecule has 0 aliphatic carbocycles. The summed E-state index contributed by atoms with van der Waals surface area (Å²) in [6.07, 6.45) is 5.76. The van der Waals surface area contributed by atoms with Crippen molar-refractivity contribution < 1.29 is 23.7 Å². The van der Waals surface area contributed by atoms with E-state index in [2.05, 4.69) is 52.7 Å². The molecule has 3 atom stereocenters. The van der Waals surface area contributed by atoms with Gasteiger partial charge >= 0.3 is 0 Å². The Labute approximate surface area is 227 Å². The molecule has 0 spiro atoms. The molecule has 2 aromatic rings. The summed E-state index contributed by atoms with van der Waals surface area (Å²) in [4.78, 5) is 2.41. The fourth-order valence-corrected chi connectivity index (χ4v) is 6.15. The standard InChI is InChI=1S/C31H44N2O5/c1-34-14-3-12-33-13-17-37-30-9-4-24(19-29(30)33)22-38-31-21-32-26(18-23-10-15-36-16-11-23)20-28(31)25-5-7-27(35-2)8-6-25/h4-9,19,23,26,28,31-32H,3,10-18,20-22H2,1-2H3/t26-,28-,31+/m1/s1. The fraction of sp³-hybridized carbons (Fsp3) is 0.613. The van der Waals surface area contributed by atoms with E-state index >= 15 is 0 Å². The predicted molar refractivity (Wildman–Crippen MR) is 150 cm³/mol. The molecule has 0 saturated carbocycles. The Kier molecular flexibility index (Phi) is 9.79. The van der Waals surface area contributed by atoms with Crippen LogP contribution in [0.2, 0.25) is 0 Å². The highest BCUT2D eigenvalue weighted by Gasteiger charge is 2.33. The van der Waals surface area contributed by atoms with Crippen LogP contribution in [-0.4, -0.2) is 72.4 Å². The maximum Gasteiger partial charge on any atom is 0.142 e. The molecular formula is C31H44N2O5. The number of piperidine rings is 1. The summed E-state index contributed by atoms with van der Waals surface area (Å²) in [6.45, 7) is 6.62. The van der Waals surface area contributed by atoms with Gasteiger partial charge in [-0.15, -0.1) is 0 Å². The van der Waals surface area contributed by atoms with E-state index in [-0.39, 0.29) is 6.10 Å². The monoisotopic (exact) mass is 524 g/mol. The van der Waals surface area contributed by atoms with Crippen molar-refractivity contribution in [1.29, 1.82) is 0 Å². The van der Waals surface area contributed by atoms with Crippen LogP contribution in [0.4, 0.5) is 5.69 Å². The zero-order chi connectivity index (χ0) is 26.2. The van der Waals surface area contributed by atoms with Gasteiger partial charge in [0.25, 0.3) is 0 Å². The molecule has 2 aromatic carbocycles. The van der Waals surface area contributed by atoms with Crippen LogP contribution in [0.25, 0.3) is 0 Å². The number of nitrogens with one attached hydrogen (secondary N) is 1. The lowest BCUT2D eigenvalue weighted by Crippen LogP contribution is -2.48. The van der Waals surface area contributed by atoms with Crippen molar-refractivity contribution in [3.63, 3.8) is 0 Å². The number of benzene rings is 2. The number of hydrogen-bond donors (Lipinski definition) is 1. The Bertz CT molecular complexity index is 994. The van der Waals surface area contributed by atoms with Gasteiger partial charge in [0.05, 0.1) is 32.1 Å². The van der Waals surface area contributed by atoms with Crippen molar-refractivity contribution in [3.8, 4) is 11.5 Å². The maximum atomic E-state index is 6.66. The second-order valence-corrected chi connectivity index (χ2v) is 10.8. The number of methoxy groups -OCH3 is 2. The van der Waals surface area contributed by atoms with Crippen LogP contribution in [0.1, 0.15) is 49.1 Å². The summed E-state index contributed by atoms with van der Waals surface area (Å²) in [5.74, 6) is 2.95. The molecule has 5 rings (SSSR count). The van der Waals surface area contributed by atoms with E-state index in [1.54, 1.807) is 14.2 Å². The van der Waals surface area contributed by atoms with Crippen LogP contribution in [0.5, 0.6) is 11.5 Å². The van der Waals surface area contributed by atoms with Gasteiger partial charge in [0, 0.05) is 52.0 Å². The van der Waals surface area contributed by atoms with E-state index < -0.39 is 0 Å². The molecule has 38 heavy (non-hydrogen) atoms. The molecule has 3 heterocycles. The van der Waals surface area contributed by atoms with Gasteiger partial charge in [-0.3, -0.25) is 0 Å². The van der Waals surface area contributed by atoms with Crippen molar-refractivity contribution in [1.82, 2.24) is 5.32 Å². The van der Waals surface area contributed by atoms with Crippen LogP contribution in [0.15, 0.2) is 42.5 Å². The third kappa shape index (κ3) is 7.00. The molecule has 0 radical (unpaired) electrons. The third-order valence-electron chi connectivity index (χ3n) is 8.32. The van der Waals surface area contributed by atoms with Crippen molar-refractivity contribution in [2.45, 2.75) is 56.8 Å². The quantitative estimate of drug-likeness (QED) is 0.425. The minimum atomic E-state index is 0.111. The third-order valence-corrected chi connectivity index (χ3v) is 8.32. The zero-order valence-corrected chi connectivity index (χ0v) is 23.0. The first-order valence-corrected chi connectivity index (χ1v) is 14.3. The van der Waals surface area contributed by atoms with Gasteiger partial charge in [0.2, 0.25) is 0 Å². The zero-order valence-electron chi connectivity index (χ0n) is 23.0. The smallest absolute Gasteiger partial charge is 0.142 e. The largest absolute Gasteiger partial charge is 0.497 e. The summed E-state index contributed by atoms with van der Waals surface area (Å²) < 4.78 is 28.9. The molecule has 7 nitrogen and oxygen atoms in total. The topological polar surface area (TPSA) is 61.4 Å². The van der Waals surface area contributed by atoms with Crippen molar-refractivity contribution >= 4 is 5.69 Å². The average Bonchev–Trinajstić information content (AvgIpc) is 2.97. The summed E-state index contributed by atoms with van der Waals surface area (Å²) in [6, 6.07) is 15.6.